The van der Waals surface area contributed by atoms with Gasteiger partial charge in [-0.05, 0) is 55.0 Å². The quantitative estimate of drug-likeness (QED) is 0.780. The Morgan fingerprint density at radius 2 is 2.00 bits per heavy atom. The third kappa shape index (κ3) is 2.32. The van der Waals surface area contributed by atoms with Gasteiger partial charge in [0.15, 0.2) is 0 Å². The Labute approximate surface area is 142 Å². The summed E-state index contributed by atoms with van der Waals surface area (Å²) < 4.78 is 0. The number of fused-ring (bicyclic) bond motifs is 3. The average molecular weight is 319 g/mol. The Hall–Kier alpha value is -2.55. The molecule has 122 valence electrons. The zero-order valence-corrected chi connectivity index (χ0v) is 13.9. The Morgan fingerprint density at radius 1 is 1.17 bits per heavy atom. The second-order valence-electron chi connectivity index (χ2n) is 6.95. The summed E-state index contributed by atoms with van der Waals surface area (Å²) in [5.41, 5.74) is 6.23. The van der Waals surface area contributed by atoms with E-state index in [1.165, 1.54) is 22.4 Å². The average Bonchev–Trinajstić information content (AvgIpc) is 3.03. The van der Waals surface area contributed by atoms with Crippen molar-refractivity contribution < 1.29 is 9.90 Å². The normalized spacial score (nSPS) is 24.2. The van der Waals surface area contributed by atoms with Crippen molar-refractivity contribution in [3.8, 4) is 0 Å². The zero-order chi connectivity index (χ0) is 16.8. The summed E-state index contributed by atoms with van der Waals surface area (Å²) in [6.07, 6.45) is 5.66. The van der Waals surface area contributed by atoms with E-state index in [4.69, 9.17) is 0 Å². The lowest BCUT2D eigenvalue weighted by atomic mass is 9.76. The van der Waals surface area contributed by atoms with Crippen molar-refractivity contribution in [2.24, 2.45) is 5.92 Å². The molecule has 2 N–H and O–H groups in total. The van der Waals surface area contributed by atoms with Crippen LogP contribution in [-0.4, -0.2) is 11.1 Å². The van der Waals surface area contributed by atoms with Crippen LogP contribution in [0, 0.1) is 19.8 Å². The molecule has 0 radical (unpaired) electrons. The first-order chi connectivity index (χ1) is 11.5. The van der Waals surface area contributed by atoms with E-state index in [1.54, 1.807) is 6.07 Å². The third-order valence-corrected chi connectivity index (χ3v) is 5.36. The molecule has 24 heavy (non-hydrogen) atoms. The Bertz CT molecular complexity index is 853. The van der Waals surface area contributed by atoms with Gasteiger partial charge in [0.2, 0.25) is 0 Å². The van der Waals surface area contributed by atoms with Crippen molar-refractivity contribution in [1.82, 2.24) is 0 Å². The van der Waals surface area contributed by atoms with Gasteiger partial charge < -0.3 is 10.4 Å². The summed E-state index contributed by atoms with van der Waals surface area (Å²) in [4.78, 5) is 11.3. The number of aryl methyl sites for hydroxylation is 2. The lowest BCUT2D eigenvalue weighted by Crippen LogP contribution is -2.29. The molecular weight excluding hydrogens is 298 g/mol. The summed E-state index contributed by atoms with van der Waals surface area (Å²) in [7, 11) is 0. The first-order valence-corrected chi connectivity index (χ1v) is 8.42. The second kappa shape index (κ2) is 5.52. The first-order valence-electron chi connectivity index (χ1n) is 8.42. The Kier molecular flexibility index (Phi) is 3.45. The van der Waals surface area contributed by atoms with Crippen LogP contribution in [0.1, 0.15) is 51.0 Å². The molecule has 3 atom stereocenters. The van der Waals surface area contributed by atoms with E-state index in [1.807, 2.05) is 19.1 Å². The van der Waals surface area contributed by atoms with Crippen molar-refractivity contribution in [3.05, 3.63) is 76.4 Å². The van der Waals surface area contributed by atoms with E-state index in [-0.39, 0.29) is 6.04 Å². The number of benzene rings is 2. The minimum atomic E-state index is -0.864. The summed E-state index contributed by atoms with van der Waals surface area (Å²) in [5, 5.41) is 12.9. The highest BCUT2D eigenvalue weighted by Crippen LogP contribution is 2.50. The molecule has 0 spiro atoms. The molecule has 2 aliphatic rings. The van der Waals surface area contributed by atoms with Crippen LogP contribution in [0.3, 0.4) is 0 Å². The predicted octanol–water partition coefficient (Wildman–Crippen LogP) is 4.83. The number of aromatic carboxylic acids is 1. The van der Waals surface area contributed by atoms with Gasteiger partial charge in [0.25, 0.3) is 0 Å². The lowest BCUT2D eigenvalue weighted by Gasteiger charge is -2.38. The highest BCUT2D eigenvalue weighted by atomic mass is 16.4. The van der Waals surface area contributed by atoms with Crippen LogP contribution in [0.4, 0.5) is 5.69 Å². The molecule has 3 nitrogen and oxygen atoms in total. The summed E-state index contributed by atoms with van der Waals surface area (Å²) in [6.45, 7) is 4.01. The topological polar surface area (TPSA) is 49.3 Å². The van der Waals surface area contributed by atoms with E-state index in [0.717, 1.165) is 12.0 Å². The van der Waals surface area contributed by atoms with Crippen molar-refractivity contribution in [2.45, 2.75) is 32.2 Å². The standard InChI is InChI=1S/C21H21NO2/c1-12-6-9-19-18(10-12)16-4-3-5-17(16)20(22-19)14-7-8-15(21(23)24)13(2)11-14/h3-4,6-11,16-17,20,22H,5H2,1-2H3,(H,23,24). The maximum Gasteiger partial charge on any atom is 0.335 e. The molecule has 1 heterocycles. The Morgan fingerprint density at radius 3 is 2.75 bits per heavy atom. The van der Waals surface area contributed by atoms with Gasteiger partial charge >= 0.3 is 5.97 Å². The van der Waals surface area contributed by atoms with Crippen molar-refractivity contribution in [1.29, 1.82) is 0 Å². The SMILES string of the molecule is Cc1ccc2c(c1)C1C=CCC1C(c1ccc(C(=O)O)c(C)c1)N2. The van der Waals surface area contributed by atoms with Gasteiger partial charge in [-0.1, -0.05) is 42.0 Å². The molecule has 0 aromatic heterocycles. The van der Waals surface area contributed by atoms with Crippen LogP contribution >= 0.6 is 0 Å². The van der Waals surface area contributed by atoms with Crippen molar-refractivity contribution in [2.75, 3.05) is 5.32 Å². The molecule has 4 rings (SSSR count). The Balaban J connectivity index is 1.76. The van der Waals surface area contributed by atoms with E-state index < -0.39 is 5.97 Å². The van der Waals surface area contributed by atoms with Crippen LogP contribution < -0.4 is 5.32 Å². The van der Waals surface area contributed by atoms with E-state index in [0.29, 0.717) is 17.4 Å². The number of nitrogens with one attached hydrogen (secondary N) is 1. The fourth-order valence-electron chi connectivity index (χ4n) is 4.16. The van der Waals surface area contributed by atoms with Crippen LogP contribution in [-0.2, 0) is 0 Å². The lowest BCUT2D eigenvalue weighted by molar-refractivity contribution is 0.0696. The number of hydrogen-bond donors (Lipinski definition) is 2. The maximum atomic E-state index is 11.3. The fraction of sp³-hybridized carbons (Fsp3) is 0.286. The van der Waals surface area contributed by atoms with Gasteiger partial charge in [-0.15, -0.1) is 0 Å². The van der Waals surface area contributed by atoms with Gasteiger partial charge in [-0.25, -0.2) is 4.79 Å². The van der Waals surface area contributed by atoms with Crippen LogP contribution in [0.5, 0.6) is 0 Å². The molecule has 2 aromatic carbocycles. The highest BCUT2D eigenvalue weighted by molar-refractivity contribution is 5.89. The third-order valence-electron chi connectivity index (χ3n) is 5.36. The second-order valence-corrected chi connectivity index (χ2v) is 6.95. The molecule has 2 aromatic rings. The van der Waals surface area contributed by atoms with Crippen LogP contribution in [0.25, 0.3) is 0 Å². The number of anilines is 1. The van der Waals surface area contributed by atoms with Crippen molar-refractivity contribution in [3.63, 3.8) is 0 Å². The molecule has 1 aliphatic carbocycles. The number of hydrogen-bond acceptors (Lipinski definition) is 2. The summed E-state index contributed by atoms with van der Waals surface area (Å²) in [5.74, 6) is 0.0527. The number of rotatable bonds is 2. The molecule has 1 aliphatic heterocycles. The van der Waals surface area contributed by atoms with Gasteiger partial charge in [-0.3, -0.25) is 0 Å². The first kappa shape index (κ1) is 15.0. The highest BCUT2D eigenvalue weighted by Gasteiger charge is 2.37. The summed E-state index contributed by atoms with van der Waals surface area (Å²) >= 11 is 0. The van der Waals surface area contributed by atoms with Gasteiger partial charge in [0.05, 0.1) is 11.6 Å². The van der Waals surface area contributed by atoms with Crippen LogP contribution in [0.15, 0.2) is 48.6 Å². The number of carbonyl (C=O) groups is 1. The smallest absolute Gasteiger partial charge is 0.335 e. The van der Waals surface area contributed by atoms with Gasteiger partial charge in [-0.2, -0.15) is 0 Å². The maximum absolute atomic E-state index is 11.3. The van der Waals surface area contributed by atoms with E-state index >= 15 is 0 Å². The fourth-order valence-corrected chi connectivity index (χ4v) is 4.16. The monoisotopic (exact) mass is 319 g/mol. The van der Waals surface area contributed by atoms with Crippen molar-refractivity contribution >= 4 is 11.7 Å². The molecule has 3 heteroatoms. The molecule has 0 bridgehead atoms. The molecule has 0 saturated heterocycles. The minimum absolute atomic E-state index is 0.210. The number of carboxylic acids is 1. The molecule has 0 saturated carbocycles. The number of allylic oxidation sites excluding steroid dienone is 2. The molecule has 0 fully saturated rings. The largest absolute Gasteiger partial charge is 0.478 e. The minimum Gasteiger partial charge on any atom is -0.478 e. The van der Waals surface area contributed by atoms with E-state index in [9.17, 15) is 9.90 Å². The molecule has 3 unspecified atom stereocenters. The van der Waals surface area contributed by atoms with Gasteiger partial charge in [0, 0.05) is 11.6 Å². The molecular formula is C21H21NO2. The van der Waals surface area contributed by atoms with Crippen LogP contribution in [0.2, 0.25) is 0 Å². The number of carboxylic acid groups (broad SMARTS) is 1. The van der Waals surface area contributed by atoms with Gasteiger partial charge in [0.1, 0.15) is 0 Å². The molecule has 0 amide bonds. The summed E-state index contributed by atoms with van der Waals surface area (Å²) in [6, 6.07) is 12.5. The van der Waals surface area contributed by atoms with E-state index in [2.05, 4.69) is 42.6 Å². The predicted molar refractivity (Wildman–Crippen MR) is 95.7 cm³/mol. The zero-order valence-electron chi connectivity index (χ0n) is 13.9.